The Hall–Kier alpha value is -1.58. The van der Waals surface area contributed by atoms with Crippen molar-refractivity contribution in [2.45, 2.75) is 26.8 Å². The third-order valence-corrected chi connectivity index (χ3v) is 3.37. The van der Waals surface area contributed by atoms with Gasteiger partial charge in [-0.05, 0) is 43.7 Å². The monoisotopic (exact) mass is 290 g/mol. The predicted octanol–water partition coefficient (Wildman–Crippen LogP) is 4.51. The first-order valence-corrected chi connectivity index (χ1v) is 7.11. The van der Waals surface area contributed by atoms with Crippen LogP contribution in [0.1, 0.15) is 31.0 Å². The molecule has 0 aliphatic carbocycles. The highest BCUT2D eigenvalue weighted by molar-refractivity contribution is 6.32. The summed E-state index contributed by atoms with van der Waals surface area (Å²) in [6.45, 7) is 7.11. The van der Waals surface area contributed by atoms with Crippen molar-refractivity contribution < 1.29 is 4.74 Å². The Morgan fingerprint density at radius 1 is 1.30 bits per heavy atom. The summed E-state index contributed by atoms with van der Waals surface area (Å²) in [7, 11) is 0. The maximum Gasteiger partial charge on any atom is 0.219 e. The van der Waals surface area contributed by atoms with Crippen LogP contribution in [0.25, 0.3) is 0 Å². The predicted molar refractivity (Wildman–Crippen MR) is 82.6 cm³/mol. The highest BCUT2D eigenvalue weighted by atomic mass is 35.5. The van der Waals surface area contributed by atoms with Gasteiger partial charge in [0.15, 0.2) is 0 Å². The standard InChI is InChI=1S/C16H19ClN2O/c1-4-18-12(3)13-6-8-16(19-10-13)20-15-7-5-11(2)9-14(15)17/h5-10,12,18H,4H2,1-3H3. The van der Waals surface area contributed by atoms with Gasteiger partial charge in [-0.25, -0.2) is 4.98 Å². The van der Waals surface area contributed by atoms with Crippen LogP contribution in [0.3, 0.4) is 0 Å². The first-order valence-electron chi connectivity index (χ1n) is 6.73. The van der Waals surface area contributed by atoms with E-state index in [1.165, 1.54) is 0 Å². The lowest BCUT2D eigenvalue weighted by molar-refractivity contribution is 0.461. The first-order chi connectivity index (χ1) is 9.60. The molecular weight excluding hydrogens is 272 g/mol. The normalized spacial score (nSPS) is 12.2. The minimum Gasteiger partial charge on any atom is -0.437 e. The molecule has 3 nitrogen and oxygen atoms in total. The zero-order chi connectivity index (χ0) is 14.5. The number of hydrogen-bond acceptors (Lipinski definition) is 3. The van der Waals surface area contributed by atoms with E-state index in [9.17, 15) is 0 Å². The van der Waals surface area contributed by atoms with Gasteiger partial charge in [-0.2, -0.15) is 0 Å². The Kier molecular flexibility index (Phi) is 4.99. The quantitative estimate of drug-likeness (QED) is 0.880. The van der Waals surface area contributed by atoms with Gasteiger partial charge < -0.3 is 10.1 Å². The molecule has 1 N–H and O–H groups in total. The number of hydrogen-bond donors (Lipinski definition) is 1. The number of pyridine rings is 1. The molecule has 0 aliphatic rings. The summed E-state index contributed by atoms with van der Waals surface area (Å²) in [5.41, 5.74) is 2.24. The molecule has 0 spiro atoms. The van der Waals surface area contributed by atoms with Crippen molar-refractivity contribution in [3.8, 4) is 11.6 Å². The number of benzene rings is 1. The fourth-order valence-corrected chi connectivity index (χ4v) is 2.21. The smallest absolute Gasteiger partial charge is 0.219 e. The number of ether oxygens (including phenoxy) is 1. The number of rotatable bonds is 5. The van der Waals surface area contributed by atoms with E-state index in [1.54, 1.807) is 0 Å². The van der Waals surface area contributed by atoms with Gasteiger partial charge >= 0.3 is 0 Å². The second-order valence-electron chi connectivity index (χ2n) is 4.75. The van der Waals surface area contributed by atoms with Crippen LogP contribution in [0.2, 0.25) is 5.02 Å². The van der Waals surface area contributed by atoms with E-state index in [1.807, 2.05) is 43.5 Å². The summed E-state index contributed by atoms with van der Waals surface area (Å²) in [5.74, 6) is 1.17. The van der Waals surface area contributed by atoms with Crippen LogP contribution in [0.5, 0.6) is 11.6 Å². The van der Waals surface area contributed by atoms with Crippen molar-refractivity contribution >= 4 is 11.6 Å². The van der Waals surface area contributed by atoms with Crippen molar-refractivity contribution in [1.82, 2.24) is 10.3 Å². The fourth-order valence-electron chi connectivity index (χ4n) is 1.93. The summed E-state index contributed by atoms with van der Waals surface area (Å²) >= 11 is 6.14. The van der Waals surface area contributed by atoms with Crippen LogP contribution in [-0.2, 0) is 0 Å². The van der Waals surface area contributed by atoms with Crippen molar-refractivity contribution in [1.29, 1.82) is 0 Å². The second-order valence-corrected chi connectivity index (χ2v) is 5.15. The number of halogens is 1. The SMILES string of the molecule is CCNC(C)c1ccc(Oc2ccc(C)cc2Cl)nc1. The molecule has 0 amide bonds. The molecule has 0 saturated heterocycles. The molecule has 0 bridgehead atoms. The van der Waals surface area contributed by atoms with Crippen molar-refractivity contribution in [2.75, 3.05) is 6.54 Å². The molecule has 106 valence electrons. The van der Waals surface area contributed by atoms with Crippen LogP contribution in [0.15, 0.2) is 36.5 Å². The van der Waals surface area contributed by atoms with Gasteiger partial charge in [0.2, 0.25) is 5.88 Å². The Morgan fingerprint density at radius 3 is 2.70 bits per heavy atom. The molecule has 0 aliphatic heterocycles. The Balaban J connectivity index is 2.10. The molecule has 0 fully saturated rings. The highest BCUT2D eigenvalue weighted by Gasteiger charge is 2.07. The molecule has 0 saturated carbocycles. The van der Waals surface area contributed by atoms with Gasteiger partial charge in [0.1, 0.15) is 5.75 Å². The zero-order valence-corrected chi connectivity index (χ0v) is 12.7. The second kappa shape index (κ2) is 6.73. The molecule has 20 heavy (non-hydrogen) atoms. The third-order valence-electron chi connectivity index (χ3n) is 3.07. The molecule has 1 atom stereocenters. The fraction of sp³-hybridized carbons (Fsp3) is 0.312. The van der Waals surface area contributed by atoms with E-state index in [0.29, 0.717) is 16.7 Å². The molecule has 1 aromatic heterocycles. The lowest BCUT2D eigenvalue weighted by Gasteiger charge is -2.13. The topological polar surface area (TPSA) is 34.1 Å². The van der Waals surface area contributed by atoms with Gasteiger partial charge in [-0.15, -0.1) is 0 Å². The molecule has 4 heteroatoms. The molecular formula is C16H19ClN2O. The largest absolute Gasteiger partial charge is 0.437 e. The van der Waals surface area contributed by atoms with Gasteiger partial charge in [0.25, 0.3) is 0 Å². The summed E-state index contributed by atoms with van der Waals surface area (Å²) < 4.78 is 5.70. The average molecular weight is 291 g/mol. The molecule has 2 rings (SSSR count). The Morgan fingerprint density at radius 2 is 2.10 bits per heavy atom. The van der Waals surface area contributed by atoms with Crippen LogP contribution >= 0.6 is 11.6 Å². The van der Waals surface area contributed by atoms with Crippen molar-refractivity contribution in [2.24, 2.45) is 0 Å². The van der Waals surface area contributed by atoms with E-state index >= 15 is 0 Å². The molecule has 1 aromatic carbocycles. The third kappa shape index (κ3) is 3.71. The van der Waals surface area contributed by atoms with E-state index < -0.39 is 0 Å². The Labute approximate surface area is 124 Å². The number of aromatic nitrogens is 1. The lowest BCUT2D eigenvalue weighted by Crippen LogP contribution is -2.17. The summed E-state index contributed by atoms with van der Waals surface area (Å²) in [6, 6.07) is 9.84. The van der Waals surface area contributed by atoms with E-state index in [2.05, 4.69) is 24.1 Å². The van der Waals surface area contributed by atoms with Gasteiger partial charge in [-0.3, -0.25) is 0 Å². The molecule has 1 unspecified atom stereocenters. The maximum atomic E-state index is 6.14. The molecule has 0 radical (unpaired) electrons. The summed E-state index contributed by atoms with van der Waals surface area (Å²) in [5, 5.41) is 3.94. The minimum absolute atomic E-state index is 0.282. The number of nitrogens with one attached hydrogen (secondary N) is 1. The van der Waals surface area contributed by atoms with Gasteiger partial charge in [-0.1, -0.05) is 30.7 Å². The highest BCUT2D eigenvalue weighted by Crippen LogP contribution is 2.29. The summed E-state index contributed by atoms with van der Waals surface area (Å²) in [4.78, 5) is 4.32. The van der Waals surface area contributed by atoms with E-state index in [4.69, 9.17) is 16.3 Å². The first kappa shape index (κ1) is 14.8. The summed E-state index contributed by atoms with van der Waals surface area (Å²) in [6.07, 6.45) is 1.82. The molecule has 1 heterocycles. The maximum absolute atomic E-state index is 6.14. The van der Waals surface area contributed by atoms with Crippen LogP contribution in [-0.4, -0.2) is 11.5 Å². The van der Waals surface area contributed by atoms with Crippen molar-refractivity contribution in [3.05, 3.63) is 52.7 Å². The zero-order valence-electron chi connectivity index (χ0n) is 12.0. The van der Waals surface area contributed by atoms with E-state index in [0.717, 1.165) is 17.7 Å². The van der Waals surface area contributed by atoms with Crippen LogP contribution in [0.4, 0.5) is 0 Å². The van der Waals surface area contributed by atoms with Gasteiger partial charge in [0.05, 0.1) is 5.02 Å². The number of nitrogens with zero attached hydrogens (tertiary/aromatic N) is 1. The lowest BCUT2D eigenvalue weighted by atomic mass is 10.1. The Bertz CT molecular complexity index is 569. The number of aryl methyl sites for hydroxylation is 1. The average Bonchev–Trinajstić information content (AvgIpc) is 2.43. The van der Waals surface area contributed by atoms with E-state index in [-0.39, 0.29) is 6.04 Å². The van der Waals surface area contributed by atoms with Crippen LogP contribution in [0, 0.1) is 6.92 Å². The minimum atomic E-state index is 0.282. The van der Waals surface area contributed by atoms with Crippen molar-refractivity contribution in [3.63, 3.8) is 0 Å². The van der Waals surface area contributed by atoms with Crippen LogP contribution < -0.4 is 10.1 Å². The van der Waals surface area contributed by atoms with Gasteiger partial charge in [0, 0.05) is 18.3 Å². The molecule has 2 aromatic rings.